The largest absolute Gasteiger partial charge is 0.460 e. The number of fused-ring (bicyclic) bond motifs is 3. The number of aliphatic hydroxyl groups is 3. The zero-order valence-electron chi connectivity index (χ0n) is 63.3. The number of Topliss-reactive ketones (excluding diaryl/α,β-unsaturated/α-hetero) is 1. The van der Waals surface area contributed by atoms with Crippen molar-refractivity contribution in [1.29, 1.82) is 0 Å². The lowest BCUT2D eigenvalue weighted by molar-refractivity contribution is -0.792. The molecule has 1 saturated carbocycles. The van der Waals surface area contributed by atoms with Crippen molar-refractivity contribution in [3.05, 3.63) is 23.3 Å². The van der Waals surface area contributed by atoms with Gasteiger partial charge in [-0.15, -0.1) is 6.42 Å². The molecule has 0 radical (unpaired) electrons. The van der Waals surface area contributed by atoms with Gasteiger partial charge in [-0.2, -0.15) is 0 Å². The van der Waals surface area contributed by atoms with E-state index in [-0.39, 0.29) is 89.8 Å². The van der Waals surface area contributed by atoms with Gasteiger partial charge in [-0.1, -0.05) is 68.2 Å². The van der Waals surface area contributed by atoms with Gasteiger partial charge in [0.2, 0.25) is 5.79 Å². The summed E-state index contributed by atoms with van der Waals surface area (Å²) >= 11 is 0. The second-order valence-corrected chi connectivity index (χ2v) is 23.8. The summed E-state index contributed by atoms with van der Waals surface area (Å²) < 4.78 is 30.0. The number of allylic oxidation sites excluding steroid dienone is 3. The molecule has 4 aliphatic rings. The summed E-state index contributed by atoms with van der Waals surface area (Å²) in [6, 6.07) is -1.04. The number of rotatable bonds is 18. The van der Waals surface area contributed by atoms with Gasteiger partial charge in [0.1, 0.15) is 18.2 Å². The van der Waals surface area contributed by atoms with Crippen LogP contribution in [0.15, 0.2) is 23.3 Å². The molecule has 3 heterocycles. The fourth-order valence-corrected chi connectivity index (χ4v) is 11.2. The molecule has 15 atom stereocenters. The maximum absolute atomic E-state index is 14.3. The highest BCUT2D eigenvalue weighted by atomic mass is 17.9. The Hall–Kier alpha value is -11.9. The van der Waals surface area contributed by atoms with Gasteiger partial charge >= 0.3 is 5.97 Å². The molecule has 0 aromatic carbocycles. The Labute approximate surface area is 704 Å². The number of hydrogen-bond donors (Lipinski definition) is 6. The average molecular weight is 1590 g/mol. The van der Waals surface area contributed by atoms with Gasteiger partial charge in [0.25, 0.3) is 11.7 Å². The number of hydrogen-bond acceptors (Lipinski definition) is 24. The number of ether oxygens (including phenoxy) is 5. The molecule has 25 nitrogen and oxygen atoms in total. The molecule has 1 aliphatic carbocycles. The first-order chi connectivity index (χ1) is 54.3. The molecule has 1 amide bonds. The average Bonchev–Trinajstić information content (AvgIpc) is 0.939. The monoisotopic (exact) mass is 1590 g/mol. The predicted molar refractivity (Wildman–Crippen MR) is 471 cm³/mol. The number of piperidine rings is 1. The fraction of sp³-hybridized carbons (Fsp3) is 0.437. The normalized spacial score (nSPS) is 23.2. The summed E-state index contributed by atoms with van der Waals surface area (Å²) in [6.45, 7) is 15.9. The number of esters is 1. The van der Waals surface area contributed by atoms with Crippen LogP contribution in [-0.4, -0.2) is 131 Å². The first-order valence-corrected chi connectivity index (χ1v) is 34.1. The summed E-state index contributed by atoms with van der Waals surface area (Å²) in [5.74, 6) is 96.0. The van der Waals surface area contributed by atoms with Crippen molar-refractivity contribution in [2.24, 2.45) is 35.5 Å². The summed E-state index contributed by atoms with van der Waals surface area (Å²) in [4.78, 5) is 51.2. The van der Waals surface area contributed by atoms with E-state index < -0.39 is 77.9 Å². The number of terminal acetylenes is 1. The minimum atomic E-state index is -2.45. The van der Waals surface area contributed by atoms with E-state index >= 15 is 0 Å². The highest BCUT2D eigenvalue weighted by molar-refractivity contribution is 6.39. The molecule has 0 aromatic rings. The Morgan fingerprint density at radius 2 is 1.04 bits per heavy atom. The van der Waals surface area contributed by atoms with E-state index in [9.17, 15) is 29.7 Å². The van der Waals surface area contributed by atoms with Crippen LogP contribution in [0.2, 0.25) is 0 Å². The molecule has 25 heteroatoms. The quantitative estimate of drug-likeness (QED) is 0.0141. The molecule has 0 aromatic heterocycles. The highest BCUT2D eigenvalue weighted by Crippen LogP contribution is 2.40. The van der Waals surface area contributed by atoms with E-state index in [4.69, 9.17) is 40.6 Å². The van der Waals surface area contributed by atoms with Crippen LogP contribution in [0.4, 0.5) is 0 Å². The number of nitrogens with zero attached hydrogens (tertiary/aromatic N) is 1. The van der Waals surface area contributed by atoms with Crippen LogP contribution in [-0.2, 0) is 88.4 Å². The van der Waals surface area contributed by atoms with E-state index in [1.54, 1.807) is 35.2 Å². The molecule has 112 heavy (non-hydrogen) atoms. The number of aliphatic hydroxyl groups excluding tert-OH is 2. The zero-order valence-corrected chi connectivity index (χ0v) is 63.3. The zero-order chi connectivity index (χ0) is 82.3. The standard InChI is InChI=1S/C44H73NO11.C43H4.H3NO12.33H2/c1-11-32-19-25(2)18-26(3)20-37(53-9)40-38(54-10)23-29(6)44(51,56-40)41(48)42(49)45-17-13-12-14-33(45)43(50)55-35(22-27(32)4)30(7)39(47)28(5)21-31-15-16-34(46)36(24-31)52-8;1-3-5-7-9-11-13-15-17-19-21-23-25-27-29-31-33-35-37-39-41-43-42-40-38-36-34-32-30-28-26-24-22-20-18-16-14-12-10-8-6-4-2;2-6-10-12-8-4-1-5-9-13-11-7-3;;;;;;;;;;;;;;;;;;;;;;;;;;;;;;;;;/h19,21,26-27,29-40,46-47,51H,11-18,20,22-24H2,1-10H3;1H,2H3;1-3H;33*1H/b25-19+,28-21+;;;;;;;;;;;;;;;;;;;;;;;;;;;;;;;;;;;/t26-,27+,29+,30+,31-,32+,33-,34+,35-,36+,37-,38-,39+,40+,44+;;;;;;;;;;;;;;;;;;;;;;;;;;;;;;;;;;;/m0.................................../s1. The van der Waals surface area contributed by atoms with Crippen molar-refractivity contribution < 1.29 is 161 Å². The topological polar surface area (TPSA) is 306 Å². The van der Waals surface area contributed by atoms with Crippen molar-refractivity contribution in [3.63, 3.8) is 0 Å². The third-order valence-corrected chi connectivity index (χ3v) is 16.4. The highest BCUT2D eigenvalue weighted by Gasteiger charge is 2.57. The summed E-state index contributed by atoms with van der Waals surface area (Å²) in [7, 11) is 4.75. The number of nitrogens with one attached hydrogen (secondary N) is 1. The Morgan fingerprint density at radius 1 is 0.616 bits per heavy atom. The van der Waals surface area contributed by atoms with Crippen LogP contribution < -0.4 is 5.64 Å². The van der Waals surface area contributed by atoms with Crippen LogP contribution in [0.5, 0.6) is 0 Å². The van der Waals surface area contributed by atoms with Crippen LogP contribution in [0.3, 0.4) is 0 Å². The van der Waals surface area contributed by atoms with Crippen molar-refractivity contribution >= 4 is 17.7 Å². The van der Waals surface area contributed by atoms with Gasteiger partial charge in [0, 0.05) is 229 Å². The molecule has 3 fully saturated rings. The molecule has 642 valence electrons. The molecule has 3 aliphatic heterocycles. The molecule has 0 unspecified atom stereocenters. The lowest BCUT2D eigenvalue weighted by atomic mass is 9.79. The van der Waals surface area contributed by atoms with Gasteiger partial charge in [0.15, 0.2) is 0 Å². The second kappa shape index (κ2) is 60.9. The van der Waals surface area contributed by atoms with E-state index in [1.165, 1.54) is 16.1 Å². The Kier molecular flexibility index (Phi) is 52.3. The third-order valence-electron chi connectivity index (χ3n) is 16.4. The van der Waals surface area contributed by atoms with Crippen molar-refractivity contribution in [1.82, 2.24) is 10.5 Å². The molecular formula is C87H146N2O23. The first kappa shape index (κ1) is 96.1. The smallest absolute Gasteiger partial charge is 0.329 e. The van der Waals surface area contributed by atoms with Crippen LogP contribution in [0.1, 0.15) is 173 Å². The van der Waals surface area contributed by atoms with Gasteiger partial charge in [0.05, 0.1) is 30.5 Å². The van der Waals surface area contributed by atoms with Gasteiger partial charge in [-0.25, -0.2) is 15.3 Å². The minimum absolute atomic E-state index is 0. The second-order valence-electron chi connectivity index (χ2n) is 23.8. The number of carbonyl (C=O) groups excluding carboxylic acids is 3. The van der Waals surface area contributed by atoms with Gasteiger partial charge in [-0.3, -0.25) is 9.59 Å². The molecule has 6 N–H and O–H groups in total. The third kappa shape index (κ3) is 40.5. The summed E-state index contributed by atoms with van der Waals surface area (Å²) in [6.07, 6.45) is 11.6. The van der Waals surface area contributed by atoms with Crippen molar-refractivity contribution in [2.75, 3.05) is 27.9 Å². The summed E-state index contributed by atoms with van der Waals surface area (Å²) in [5, 5.41) is 75.0. The lowest BCUT2D eigenvalue weighted by Crippen LogP contribution is -2.64. The maximum atomic E-state index is 14.3. The van der Waals surface area contributed by atoms with E-state index in [0.717, 1.165) is 24.8 Å². The molecule has 4 rings (SSSR count). The number of carbonyl (C=O) groups is 3. The molecule has 2 saturated heterocycles. The lowest BCUT2D eigenvalue weighted by Gasteiger charge is -2.47. The fourth-order valence-electron chi connectivity index (χ4n) is 11.2. The van der Waals surface area contributed by atoms with Crippen molar-refractivity contribution in [2.45, 2.75) is 181 Å². The maximum Gasteiger partial charge on any atom is 0.329 e. The minimum Gasteiger partial charge on any atom is -0.460 e. The van der Waals surface area contributed by atoms with Gasteiger partial charge < -0.3 is 43.9 Å². The van der Waals surface area contributed by atoms with Gasteiger partial charge in [-0.05, 0) is 261 Å². The number of cyclic esters (lactones) is 1. The number of amides is 1. The number of ketones is 1. The van der Waals surface area contributed by atoms with Crippen LogP contribution in [0.25, 0.3) is 0 Å². The van der Waals surface area contributed by atoms with E-state index in [0.29, 0.717) is 44.9 Å². The Balaban J connectivity index is -0.0000000439. The van der Waals surface area contributed by atoms with Crippen molar-refractivity contribution in [3.8, 4) is 249 Å². The molecule has 0 spiro atoms. The molecular weight excluding hydrogens is 1440 g/mol. The van der Waals surface area contributed by atoms with Crippen LogP contribution in [0, 0.1) is 285 Å². The summed E-state index contributed by atoms with van der Waals surface area (Å²) in [5.41, 5.74) is 3.36. The van der Waals surface area contributed by atoms with E-state index in [1.807, 2.05) is 13.8 Å². The predicted octanol–water partition coefficient (Wildman–Crippen LogP) is 13.2. The Morgan fingerprint density at radius 3 is 1.46 bits per heavy atom. The Bertz CT molecular complexity index is 4800. The van der Waals surface area contributed by atoms with Crippen LogP contribution >= 0.6 is 0 Å². The number of methoxy groups -OCH3 is 3. The molecule has 2 bridgehead atoms. The SMILES string of the molecule is C#CC#CC#CC#CC#CC#CC#CC#CC#CC#CC#CC#CC#CC#CC#CC#CC#CC#CC#CC#CC#CC.CC[C@@H]1/C=C(\C)C[C@H](C)C[C@H](OC)[C@H]2O[C@@](O)(C(=O)C(=O)N3CCCC[C@H]3C(=O)O[C@H]([C@@H](C)[C@H](O)/C(C)=C/[C@@H]3CC[C@@H](O)[C@H](OC)C3)C[C@H]1C)[C@H](C)C[C@@H]2OC.OOOOOONOOOOOO.[HH].[HH].[HH].[HH].[HH].[HH].[HH].[HH].[HH].[HH].[HH].[HH].[HH].[HH].[HH].[HH].[HH].[HH].[HH].[HH].[HH].[HH].[HH].[HH].[HH].[HH].[HH].[HH].[HH].[HH].[HH].[HH].[HH]. The first-order valence-electron chi connectivity index (χ1n) is 34.1. The van der Waals surface area contributed by atoms with E-state index in [2.05, 4.69) is 333 Å².